The Morgan fingerprint density at radius 1 is 1.41 bits per heavy atom. The summed E-state index contributed by atoms with van der Waals surface area (Å²) in [6.07, 6.45) is 1.77. The Morgan fingerprint density at radius 3 is 3.06 bits per heavy atom. The lowest BCUT2D eigenvalue weighted by Gasteiger charge is -2.26. The number of hydrogen-bond donors (Lipinski definition) is 1. The van der Waals surface area contributed by atoms with Gasteiger partial charge in [-0.3, -0.25) is 10.00 Å². The molecule has 1 aliphatic heterocycles. The minimum atomic E-state index is 0.516. The first-order valence-corrected chi connectivity index (χ1v) is 5.99. The van der Waals surface area contributed by atoms with Gasteiger partial charge in [-0.2, -0.15) is 5.10 Å². The predicted molar refractivity (Wildman–Crippen MR) is 65.0 cm³/mol. The Morgan fingerprint density at radius 2 is 2.24 bits per heavy atom. The minimum absolute atomic E-state index is 0.516. The van der Waals surface area contributed by atoms with Crippen molar-refractivity contribution in [3.8, 4) is 0 Å². The van der Waals surface area contributed by atoms with E-state index in [0.717, 1.165) is 49.4 Å². The van der Waals surface area contributed by atoms with Gasteiger partial charge in [0, 0.05) is 25.0 Å². The Bertz CT molecular complexity index is 521. The van der Waals surface area contributed by atoms with E-state index in [9.17, 15) is 0 Å². The molecular formula is C11H13ClN4O. The van der Waals surface area contributed by atoms with E-state index in [-0.39, 0.29) is 0 Å². The van der Waals surface area contributed by atoms with Gasteiger partial charge < -0.3 is 4.74 Å². The number of morpholine rings is 1. The standard InChI is InChI=1S/C11H13ClN4O/c12-10-5-8-6-13-15-11(8)9(14-10)7-16-1-3-17-4-2-16/h5-6H,1-4,7H2,(H,13,15). The number of aromatic amines is 1. The van der Waals surface area contributed by atoms with Crippen LogP contribution in [0.4, 0.5) is 0 Å². The molecule has 0 spiro atoms. The highest BCUT2D eigenvalue weighted by Gasteiger charge is 2.14. The third-order valence-corrected chi connectivity index (χ3v) is 3.14. The number of nitrogens with one attached hydrogen (secondary N) is 1. The molecule has 3 rings (SSSR count). The molecule has 3 heterocycles. The zero-order valence-corrected chi connectivity index (χ0v) is 10.1. The van der Waals surface area contributed by atoms with E-state index >= 15 is 0 Å². The van der Waals surface area contributed by atoms with E-state index in [1.165, 1.54) is 0 Å². The number of ether oxygens (including phenoxy) is 1. The maximum Gasteiger partial charge on any atom is 0.130 e. The van der Waals surface area contributed by atoms with Crippen molar-refractivity contribution in [2.24, 2.45) is 0 Å². The van der Waals surface area contributed by atoms with Gasteiger partial charge in [0.15, 0.2) is 0 Å². The van der Waals surface area contributed by atoms with Crippen LogP contribution in [0.25, 0.3) is 10.9 Å². The highest BCUT2D eigenvalue weighted by Crippen LogP contribution is 2.20. The summed E-state index contributed by atoms with van der Waals surface area (Å²) < 4.78 is 5.33. The van der Waals surface area contributed by atoms with Crippen molar-refractivity contribution in [3.05, 3.63) is 23.1 Å². The summed E-state index contributed by atoms with van der Waals surface area (Å²) in [5.74, 6) is 0. The highest BCUT2D eigenvalue weighted by atomic mass is 35.5. The summed E-state index contributed by atoms with van der Waals surface area (Å²) in [4.78, 5) is 6.69. The molecule has 90 valence electrons. The number of nitrogens with zero attached hydrogens (tertiary/aromatic N) is 3. The van der Waals surface area contributed by atoms with Crippen molar-refractivity contribution < 1.29 is 4.74 Å². The van der Waals surface area contributed by atoms with Crippen molar-refractivity contribution in [3.63, 3.8) is 0 Å². The molecule has 1 N–H and O–H groups in total. The monoisotopic (exact) mass is 252 g/mol. The number of aromatic nitrogens is 3. The zero-order chi connectivity index (χ0) is 11.7. The molecule has 0 unspecified atom stereocenters. The predicted octanol–water partition coefficient (Wildman–Crippen LogP) is 1.44. The van der Waals surface area contributed by atoms with Crippen LogP contribution in [0.2, 0.25) is 5.15 Å². The Labute approximate surface area is 104 Å². The fourth-order valence-corrected chi connectivity index (χ4v) is 2.29. The van der Waals surface area contributed by atoms with Gasteiger partial charge in [0.05, 0.1) is 30.6 Å². The van der Waals surface area contributed by atoms with Crippen molar-refractivity contribution in [1.82, 2.24) is 20.1 Å². The molecule has 0 amide bonds. The number of halogens is 1. The van der Waals surface area contributed by atoms with Crippen LogP contribution >= 0.6 is 11.6 Å². The fraction of sp³-hybridized carbons (Fsp3) is 0.455. The maximum atomic E-state index is 6.00. The van der Waals surface area contributed by atoms with Crippen molar-refractivity contribution in [2.45, 2.75) is 6.54 Å². The Kier molecular flexibility index (Phi) is 2.96. The van der Waals surface area contributed by atoms with Crippen LogP contribution in [-0.4, -0.2) is 46.4 Å². The molecule has 1 fully saturated rings. The third kappa shape index (κ3) is 2.26. The van der Waals surface area contributed by atoms with Crippen LogP contribution in [0.5, 0.6) is 0 Å². The van der Waals surface area contributed by atoms with E-state index in [4.69, 9.17) is 16.3 Å². The van der Waals surface area contributed by atoms with E-state index in [0.29, 0.717) is 5.15 Å². The normalized spacial score (nSPS) is 17.7. The number of pyridine rings is 1. The van der Waals surface area contributed by atoms with E-state index in [1.54, 1.807) is 6.20 Å². The van der Waals surface area contributed by atoms with Crippen LogP contribution in [0, 0.1) is 0 Å². The van der Waals surface area contributed by atoms with Gasteiger partial charge in [0.2, 0.25) is 0 Å². The molecular weight excluding hydrogens is 240 g/mol. The second kappa shape index (κ2) is 4.60. The molecule has 0 atom stereocenters. The molecule has 0 aromatic carbocycles. The van der Waals surface area contributed by atoms with E-state index < -0.39 is 0 Å². The van der Waals surface area contributed by atoms with Gasteiger partial charge in [-0.05, 0) is 6.07 Å². The van der Waals surface area contributed by atoms with E-state index in [1.807, 2.05) is 6.07 Å². The smallest absolute Gasteiger partial charge is 0.130 e. The lowest BCUT2D eigenvalue weighted by atomic mass is 10.2. The summed E-state index contributed by atoms with van der Waals surface area (Å²) in [5, 5.41) is 8.53. The molecule has 5 nitrogen and oxygen atoms in total. The van der Waals surface area contributed by atoms with Crippen LogP contribution in [-0.2, 0) is 11.3 Å². The summed E-state index contributed by atoms with van der Waals surface area (Å²) in [6, 6.07) is 1.82. The van der Waals surface area contributed by atoms with Crippen LogP contribution < -0.4 is 0 Å². The van der Waals surface area contributed by atoms with Gasteiger partial charge in [-0.15, -0.1) is 0 Å². The van der Waals surface area contributed by atoms with Crippen molar-refractivity contribution in [2.75, 3.05) is 26.3 Å². The third-order valence-electron chi connectivity index (χ3n) is 2.95. The Balaban J connectivity index is 1.90. The number of fused-ring (bicyclic) bond motifs is 1. The molecule has 2 aromatic rings. The van der Waals surface area contributed by atoms with Crippen molar-refractivity contribution >= 4 is 22.5 Å². The summed E-state index contributed by atoms with van der Waals surface area (Å²) in [7, 11) is 0. The fourth-order valence-electron chi connectivity index (χ4n) is 2.07. The van der Waals surface area contributed by atoms with Gasteiger partial charge in [-0.25, -0.2) is 4.98 Å². The van der Waals surface area contributed by atoms with Gasteiger partial charge in [0.25, 0.3) is 0 Å². The minimum Gasteiger partial charge on any atom is -0.379 e. The number of rotatable bonds is 2. The SMILES string of the molecule is Clc1cc2cn[nH]c2c(CN2CCOCC2)n1. The first kappa shape index (κ1) is 11.0. The van der Waals surface area contributed by atoms with Crippen molar-refractivity contribution in [1.29, 1.82) is 0 Å². The van der Waals surface area contributed by atoms with Gasteiger partial charge in [0.1, 0.15) is 5.15 Å². The lowest BCUT2D eigenvalue weighted by molar-refractivity contribution is 0.0338. The topological polar surface area (TPSA) is 54.0 Å². The van der Waals surface area contributed by atoms with Gasteiger partial charge >= 0.3 is 0 Å². The molecule has 1 aliphatic rings. The zero-order valence-electron chi connectivity index (χ0n) is 9.32. The summed E-state index contributed by atoms with van der Waals surface area (Å²) in [6.45, 7) is 4.22. The average Bonchev–Trinajstić information content (AvgIpc) is 2.78. The average molecular weight is 253 g/mol. The molecule has 0 radical (unpaired) electrons. The second-order valence-electron chi connectivity index (χ2n) is 4.11. The first-order valence-electron chi connectivity index (χ1n) is 5.61. The molecule has 6 heteroatoms. The van der Waals surface area contributed by atoms with Crippen LogP contribution in [0.15, 0.2) is 12.3 Å². The number of hydrogen-bond acceptors (Lipinski definition) is 4. The molecule has 0 saturated carbocycles. The summed E-state index contributed by atoms with van der Waals surface area (Å²) >= 11 is 6.00. The Hall–Kier alpha value is -1.17. The lowest BCUT2D eigenvalue weighted by Crippen LogP contribution is -2.35. The molecule has 17 heavy (non-hydrogen) atoms. The van der Waals surface area contributed by atoms with Crippen LogP contribution in [0.3, 0.4) is 0 Å². The van der Waals surface area contributed by atoms with Gasteiger partial charge in [-0.1, -0.05) is 11.6 Å². The van der Waals surface area contributed by atoms with E-state index in [2.05, 4.69) is 20.1 Å². The molecule has 1 saturated heterocycles. The largest absolute Gasteiger partial charge is 0.379 e. The number of H-pyrrole nitrogens is 1. The van der Waals surface area contributed by atoms with Crippen LogP contribution in [0.1, 0.15) is 5.69 Å². The summed E-state index contributed by atoms with van der Waals surface area (Å²) in [5.41, 5.74) is 1.92. The molecule has 0 bridgehead atoms. The quantitative estimate of drug-likeness (QED) is 0.822. The maximum absolute atomic E-state index is 6.00. The molecule has 2 aromatic heterocycles. The second-order valence-corrected chi connectivity index (χ2v) is 4.50. The highest BCUT2D eigenvalue weighted by molar-refractivity contribution is 6.30. The first-order chi connectivity index (χ1) is 8.33. The molecule has 0 aliphatic carbocycles.